The van der Waals surface area contributed by atoms with E-state index in [1.54, 1.807) is 42.5 Å². The summed E-state index contributed by atoms with van der Waals surface area (Å²) in [6, 6.07) is 13.2. The molecule has 1 fully saturated rings. The molecule has 1 aliphatic heterocycles. The number of amides is 2. The molecule has 2 aromatic rings. The van der Waals surface area contributed by atoms with Gasteiger partial charge in [-0.25, -0.2) is 0 Å². The van der Waals surface area contributed by atoms with E-state index in [4.69, 9.17) is 4.74 Å². The number of nitrogens with zero attached hydrogens (tertiary/aromatic N) is 2. The zero-order chi connectivity index (χ0) is 20.1. The van der Waals surface area contributed by atoms with Gasteiger partial charge in [-0.2, -0.15) is 0 Å². The Hall–Kier alpha value is -3.39. The molecule has 7 nitrogen and oxygen atoms in total. The van der Waals surface area contributed by atoms with Crippen molar-refractivity contribution in [3.63, 3.8) is 0 Å². The van der Waals surface area contributed by atoms with Gasteiger partial charge in [-0.15, -0.1) is 6.58 Å². The van der Waals surface area contributed by atoms with E-state index >= 15 is 0 Å². The number of non-ortho nitro benzene ring substituents is 1. The van der Waals surface area contributed by atoms with Gasteiger partial charge in [-0.05, 0) is 41.6 Å². The normalized spacial score (nSPS) is 15.1. The van der Waals surface area contributed by atoms with E-state index in [9.17, 15) is 19.7 Å². The number of nitro benzene ring substituents is 1. The Balaban J connectivity index is 1.76. The second kappa shape index (κ2) is 8.53. The van der Waals surface area contributed by atoms with Crippen molar-refractivity contribution in [2.24, 2.45) is 0 Å². The van der Waals surface area contributed by atoms with Crippen molar-refractivity contribution in [2.75, 3.05) is 6.54 Å². The summed E-state index contributed by atoms with van der Waals surface area (Å²) >= 11 is 0.875. The van der Waals surface area contributed by atoms with Crippen LogP contribution in [0.5, 0.6) is 5.75 Å². The first-order valence-electron chi connectivity index (χ1n) is 8.31. The van der Waals surface area contributed by atoms with Crippen molar-refractivity contribution in [3.8, 4) is 5.75 Å². The number of rotatable bonds is 7. The van der Waals surface area contributed by atoms with Crippen molar-refractivity contribution in [1.82, 2.24) is 4.90 Å². The second-order valence-electron chi connectivity index (χ2n) is 5.83. The molecule has 2 amide bonds. The van der Waals surface area contributed by atoms with Crippen LogP contribution in [-0.2, 0) is 11.4 Å². The van der Waals surface area contributed by atoms with Crippen molar-refractivity contribution in [3.05, 3.63) is 87.3 Å². The number of nitro groups is 1. The Morgan fingerprint density at radius 3 is 2.54 bits per heavy atom. The number of hydrogen-bond acceptors (Lipinski definition) is 6. The smallest absolute Gasteiger partial charge is 0.293 e. The van der Waals surface area contributed by atoms with Gasteiger partial charge in [0.05, 0.1) is 9.83 Å². The fourth-order valence-electron chi connectivity index (χ4n) is 2.53. The van der Waals surface area contributed by atoms with Crippen LogP contribution in [0.25, 0.3) is 6.08 Å². The Kier molecular flexibility index (Phi) is 5.90. The van der Waals surface area contributed by atoms with Crippen LogP contribution in [0.3, 0.4) is 0 Å². The summed E-state index contributed by atoms with van der Waals surface area (Å²) in [7, 11) is 0. The monoisotopic (exact) mass is 396 g/mol. The lowest BCUT2D eigenvalue weighted by atomic mass is 10.1. The van der Waals surface area contributed by atoms with E-state index in [2.05, 4.69) is 6.58 Å². The lowest BCUT2D eigenvalue weighted by Gasteiger charge is -2.10. The van der Waals surface area contributed by atoms with Gasteiger partial charge in [0, 0.05) is 24.2 Å². The van der Waals surface area contributed by atoms with Crippen molar-refractivity contribution < 1.29 is 19.2 Å². The SMILES string of the molecule is C=CCN1C(=O)S/C(=C/c2ccccc2OCc2ccc([N+](=O)[O-])cc2)C1=O. The molecule has 28 heavy (non-hydrogen) atoms. The van der Waals surface area contributed by atoms with Crippen molar-refractivity contribution >= 4 is 34.7 Å². The largest absolute Gasteiger partial charge is 0.488 e. The number of thioether (sulfide) groups is 1. The molecular weight excluding hydrogens is 380 g/mol. The molecule has 1 saturated heterocycles. The van der Waals surface area contributed by atoms with Gasteiger partial charge in [0.2, 0.25) is 0 Å². The van der Waals surface area contributed by atoms with Gasteiger partial charge in [0.25, 0.3) is 16.8 Å². The number of carbonyl (C=O) groups is 2. The molecule has 1 aliphatic rings. The Morgan fingerprint density at radius 1 is 1.14 bits per heavy atom. The number of para-hydroxylation sites is 1. The molecule has 3 rings (SSSR count). The molecule has 0 atom stereocenters. The first kappa shape index (κ1) is 19.4. The standard InChI is InChI=1S/C20H16N2O5S/c1-2-11-21-19(23)18(28-20(21)24)12-15-5-3-4-6-17(15)27-13-14-7-9-16(10-8-14)22(25)26/h2-10,12H,1,11,13H2/b18-12+. The van der Waals surface area contributed by atoms with Crippen molar-refractivity contribution in [2.45, 2.75) is 6.61 Å². The number of benzene rings is 2. The Morgan fingerprint density at radius 2 is 1.86 bits per heavy atom. The maximum Gasteiger partial charge on any atom is 0.293 e. The van der Waals surface area contributed by atoms with Crippen LogP contribution in [0.4, 0.5) is 10.5 Å². The van der Waals surface area contributed by atoms with Crippen molar-refractivity contribution in [1.29, 1.82) is 0 Å². The van der Waals surface area contributed by atoms with Gasteiger partial charge in [0.1, 0.15) is 12.4 Å². The minimum absolute atomic E-state index is 0.0133. The van der Waals surface area contributed by atoms with Gasteiger partial charge in [0.15, 0.2) is 0 Å². The highest BCUT2D eigenvalue weighted by molar-refractivity contribution is 8.18. The quantitative estimate of drug-likeness (QED) is 0.298. The summed E-state index contributed by atoms with van der Waals surface area (Å²) in [5.74, 6) is 0.177. The van der Waals surface area contributed by atoms with E-state index < -0.39 is 4.92 Å². The predicted molar refractivity (Wildman–Crippen MR) is 107 cm³/mol. The van der Waals surface area contributed by atoms with E-state index in [1.807, 2.05) is 0 Å². The Labute approximate surface area is 165 Å². The van der Waals surface area contributed by atoms with Crippen LogP contribution >= 0.6 is 11.8 Å². The van der Waals surface area contributed by atoms with Crippen LogP contribution in [0, 0.1) is 10.1 Å². The third-order valence-electron chi connectivity index (χ3n) is 3.93. The lowest BCUT2D eigenvalue weighted by molar-refractivity contribution is -0.384. The highest BCUT2D eigenvalue weighted by Crippen LogP contribution is 2.34. The minimum atomic E-state index is -0.459. The molecule has 0 spiro atoms. The summed E-state index contributed by atoms with van der Waals surface area (Å²) in [5, 5.41) is 10.4. The summed E-state index contributed by atoms with van der Waals surface area (Å²) in [5.41, 5.74) is 1.44. The third kappa shape index (κ3) is 4.29. The zero-order valence-electron chi connectivity index (χ0n) is 14.7. The molecule has 0 unspecified atom stereocenters. The molecule has 142 valence electrons. The van der Waals surface area contributed by atoms with E-state index in [0.717, 1.165) is 22.2 Å². The topological polar surface area (TPSA) is 89.8 Å². The molecule has 0 aromatic heterocycles. The van der Waals surface area contributed by atoms with Crippen LogP contribution in [0.2, 0.25) is 0 Å². The van der Waals surface area contributed by atoms with Gasteiger partial charge >= 0.3 is 0 Å². The van der Waals surface area contributed by atoms with E-state index in [0.29, 0.717) is 16.2 Å². The summed E-state index contributed by atoms with van der Waals surface area (Å²) < 4.78 is 5.82. The lowest BCUT2D eigenvalue weighted by Crippen LogP contribution is -2.27. The maximum absolute atomic E-state index is 12.4. The third-order valence-corrected chi connectivity index (χ3v) is 4.84. The van der Waals surface area contributed by atoms with E-state index in [-0.39, 0.29) is 30.0 Å². The van der Waals surface area contributed by atoms with Gasteiger partial charge in [-0.3, -0.25) is 24.6 Å². The molecule has 0 aliphatic carbocycles. The highest BCUT2D eigenvalue weighted by atomic mass is 32.2. The molecule has 8 heteroatoms. The van der Waals surface area contributed by atoms with Crippen LogP contribution in [0.15, 0.2) is 66.1 Å². The molecule has 0 radical (unpaired) electrons. The molecule has 0 saturated carbocycles. The predicted octanol–water partition coefficient (Wildman–Crippen LogP) is 4.40. The highest BCUT2D eigenvalue weighted by Gasteiger charge is 2.34. The molecule has 2 aromatic carbocycles. The maximum atomic E-state index is 12.4. The zero-order valence-corrected chi connectivity index (χ0v) is 15.6. The molecular formula is C20H16N2O5S. The summed E-state index contributed by atoms with van der Waals surface area (Å²) in [6.45, 7) is 3.93. The average molecular weight is 396 g/mol. The number of ether oxygens (including phenoxy) is 1. The first-order valence-corrected chi connectivity index (χ1v) is 9.12. The number of imide groups is 1. The fraction of sp³-hybridized carbons (Fsp3) is 0.100. The van der Waals surface area contributed by atoms with Crippen LogP contribution in [-0.4, -0.2) is 27.5 Å². The fourth-order valence-corrected chi connectivity index (χ4v) is 3.37. The van der Waals surface area contributed by atoms with Gasteiger partial charge < -0.3 is 4.74 Å². The van der Waals surface area contributed by atoms with Gasteiger partial charge in [-0.1, -0.05) is 24.3 Å². The molecule has 0 N–H and O–H groups in total. The molecule has 1 heterocycles. The van der Waals surface area contributed by atoms with Crippen LogP contribution in [0.1, 0.15) is 11.1 Å². The Bertz CT molecular complexity index is 969. The summed E-state index contributed by atoms with van der Waals surface area (Å²) in [6.07, 6.45) is 3.12. The number of carbonyl (C=O) groups excluding carboxylic acids is 2. The first-order chi connectivity index (χ1) is 13.5. The molecule has 0 bridgehead atoms. The second-order valence-corrected chi connectivity index (χ2v) is 6.82. The van der Waals surface area contributed by atoms with E-state index in [1.165, 1.54) is 18.2 Å². The minimum Gasteiger partial charge on any atom is -0.488 e. The average Bonchev–Trinajstić information content (AvgIpc) is 2.95. The summed E-state index contributed by atoms with van der Waals surface area (Å²) in [4.78, 5) is 36.0. The van der Waals surface area contributed by atoms with Crippen LogP contribution < -0.4 is 4.74 Å². The number of hydrogen-bond donors (Lipinski definition) is 0.